The van der Waals surface area contributed by atoms with E-state index in [1.807, 2.05) is 24.3 Å². The molecule has 1 aliphatic rings. The number of halogens is 3. The summed E-state index contributed by atoms with van der Waals surface area (Å²) in [5, 5.41) is 3.92. The summed E-state index contributed by atoms with van der Waals surface area (Å²) in [6.45, 7) is 9.21. The summed E-state index contributed by atoms with van der Waals surface area (Å²) in [5.41, 5.74) is 2.78. The number of hydrogen-bond acceptors (Lipinski definition) is 6. The van der Waals surface area contributed by atoms with Gasteiger partial charge >= 0.3 is 6.36 Å². The van der Waals surface area contributed by atoms with E-state index in [0.717, 1.165) is 37.2 Å². The molecular weight excluding hydrogens is 499 g/mol. The molecule has 1 saturated heterocycles. The first-order chi connectivity index (χ1) is 18.3. The number of benzene rings is 2. The Morgan fingerprint density at radius 2 is 1.79 bits per heavy atom. The van der Waals surface area contributed by atoms with Crippen molar-refractivity contribution in [1.29, 1.82) is 0 Å². The Balaban J connectivity index is 1.32. The number of aromatic nitrogens is 3. The molecule has 0 saturated carbocycles. The van der Waals surface area contributed by atoms with Crippen LogP contribution < -0.4 is 15.2 Å². The van der Waals surface area contributed by atoms with Gasteiger partial charge in [-0.3, -0.25) is 4.79 Å². The van der Waals surface area contributed by atoms with Gasteiger partial charge in [0.05, 0.1) is 12.1 Å². The highest BCUT2D eigenvalue weighted by atomic mass is 19.4. The third-order valence-corrected chi connectivity index (χ3v) is 6.28. The lowest BCUT2D eigenvalue weighted by Gasteiger charge is -2.29. The summed E-state index contributed by atoms with van der Waals surface area (Å²) in [7, 11) is 0. The zero-order chi connectivity index (χ0) is 26.7. The molecule has 0 aliphatic carbocycles. The molecule has 0 atom stereocenters. The summed E-state index contributed by atoms with van der Waals surface area (Å²) in [5.74, 6) is 0.000706. The van der Waals surface area contributed by atoms with Crippen molar-refractivity contribution < 1.29 is 22.4 Å². The second-order valence-corrected chi connectivity index (χ2v) is 8.90. The van der Waals surface area contributed by atoms with Crippen LogP contribution >= 0.6 is 0 Å². The van der Waals surface area contributed by atoms with Crippen LogP contribution in [-0.2, 0) is 6.54 Å². The fraction of sp³-hybridized carbons (Fsp3) is 0.259. The Labute approximate surface area is 215 Å². The van der Waals surface area contributed by atoms with E-state index in [1.165, 1.54) is 30.3 Å². The molecule has 0 amide bonds. The molecule has 2 aromatic carbocycles. The average Bonchev–Trinajstić information content (AvgIpc) is 3.40. The minimum absolute atomic E-state index is 0.0868. The first-order valence-electron chi connectivity index (χ1n) is 11.9. The van der Waals surface area contributed by atoms with E-state index in [2.05, 4.69) is 24.6 Å². The van der Waals surface area contributed by atoms with Crippen molar-refractivity contribution >= 4 is 5.69 Å². The van der Waals surface area contributed by atoms with Gasteiger partial charge in [0.25, 0.3) is 11.4 Å². The van der Waals surface area contributed by atoms with Gasteiger partial charge in [-0.05, 0) is 48.0 Å². The van der Waals surface area contributed by atoms with Crippen LogP contribution in [0.4, 0.5) is 18.9 Å². The minimum Gasteiger partial charge on any atom is -0.406 e. The lowest BCUT2D eigenvalue weighted by atomic mass is 10.0. The molecule has 8 nitrogen and oxygen atoms in total. The van der Waals surface area contributed by atoms with Gasteiger partial charge in [-0.1, -0.05) is 17.3 Å². The van der Waals surface area contributed by atoms with Crippen molar-refractivity contribution in [2.75, 3.05) is 18.0 Å². The average molecular weight is 521 g/mol. The second kappa shape index (κ2) is 10.4. The Morgan fingerprint density at radius 3 is 2.50 bits per heavy atom. The van der Waals surface area contributed by atoms with E-state index >= 15 is 0 Å². The Hall–Kier alpha value is -4.59. The quantitative estimate of drug-likeness (QED) is 0.316. The molecule has 1 fully saturated rings. The van der Waals surface area contributed by atoms with Gasteiger partial charge in [-0.25, -0.2) is 6.57 Å². The standard InChI is InChI=1S/C27H22F3N5O3/c1-31-21-11-13-34(14-12-21)22-4-2-3-18(15-22)16-35-17-20(7-10-24(35)36)26-32-25(33-38-26)19-5-8-23(9-6-19)37-27(28,29)30/h2-10,15,17,21H,11-14,16H2. The third-order valence-electron chi connectivity index (χ3n) is 6.28. The summed E-state index contributed by atoms with van der Waals surface area (Å²) in [6, 6.07) is 16.2. The number of ether oxygens (including phenoxy) is 1. The number of pyridine rings is 1. The van der Waals surface area contributed by atoms with E-state index in [-0.39, 0.29) is 29.1 Å². The number of rotatable bonds is 6. The number of nitrogens with zero attached hydrogens (tertiary/aromatic N) is 5. The molecule has 11 heteroatoms. The summed E-state index contributed by atoms with van der Waals surface area (Å²) >= 11 is 0. The monoisotopic (exact) mass is 521 g/mol. The van der Waals surface area contributed by atoms with Gasteiger partial charge < -0.3 is 23.6 Å². The van der Waals surface area contributed by atoms with Crippen molar-refractivity contribution in [3.63, 3.8) is 0 Å². The Morgan fingerprint density at radius 1 is 1.05 bits per heavy atom. The fourth-order valence-corrected chi connectivity index (χ4v) is 4.35. The lowest BCUT2D eigenvalue weighted by Crippen LogP contribution is -2.34. The van der Waals surface area contributed by atoms with E-state index in [0.29, 0.717) is 17.7 Å². The molecule has 2 aromatic heterocycles. The van der Waals surface area contributed by atoms with Gasteiger partial charge in [0.2, 0.25) is 11.9 Å². The number of anilines is 1. The predicted molar refractivity (Wildman–Crippen MR) is 133 cm³/mol. The zero-order valence-corrected chi connectivity index (χ0v) is 20.1. The maximum Gasteiger partial charge on any atom is 0.573 e. The second-order valence-electron chi connectivity index (χ2n) is 8.90. The van der Waals surface area contributed by atoms with Crippen LogP contribution in [0.3, 0.4) is 0 Å². The fourth-order valence-electron chi connectivity index (χ4n) is 4.35. The van der Waals surface area contributed by atoms with Gasteiger partial charge in [0, 0.05) is 49.4 Å². The van der Waals surface area contributed by atoms with Crippen molar-refractivity contribution in [2.24, 2.45) is 0 Å². The zero-order valence-electron chi connectivity index (χ0n) is 20.1. The van der Waals surface area contributed by atoms with Crippen LogP contribution in [0.1, 0.15) is 18.4 Å². The lowest BCUT2D eigenvalue weighted by molar-refractivity contribution is -0.274. The van der Waals surface area contributed by atoms with E-state index in [1.54, 1.807) is 16.8 Å². The van der Waals surface area contributed by atoms with Crippen LogP contribution in [0.5, 0.6) is 5.75 Å². The molecule has 0 N–H and O–H groups in total. The highest BCUT2D eigenvalue weighted by Gasteiger charge is 2.31. The van der Waals surface area contributed by atoms with Crippen LogP contribution in [-0.4, -0.2) is 40.2 Å². The van der Waals surface area contributed by atoms with Crippen molar-refractivity contribution in [3.05, 3.63) is 94.2 Å². The van der Waals surface area contributed by atoms with Crippen molar-refractivity contribution in [2.45, 2.75) is 31.8 Å². The molecular formula is C27H22F3N5O3. The van der Waals surface area contributed by atoms with Gasteiger partial charge in [-0.2, -0.15) is 4.98 Å². The molecule has 0 unspecified atom stereocenters. The summed E-state index contributed by atoms with van der Waals surface area (Å²) in [4.78, 5) is 22.8. The maximum atomic E-state index is 12.6. The molecule has 1 aliphatic heterocycles. The first kappa shape index (κ1) is 25.1. The molecule has 4 aromatic rings. The van der Waals surface area contributed by atoms with Crippen LogP contribution in [0.2, 0.25) is 0 Å². The summed E-state index contributed by atoms with van der Waals surface area (Å²) in [6.07, 6.45) is -1.46. The topological polar surface area (TPSA) is 77.8 Å². The normalized spacial score (nSPS) is 14.3. The minimum atomic E-state index is -4.78. The molecule has 0 radical (unpaired) electrons. The molecule has 194 valence electrons. The molecule has 0 bridgehead atoms. The van der Waals surface area contributed by atoms with Crippen molar-refractivity contribution in [3.8, 4) is 28.6 Å². The Kier molecular flexibility index (Phi) is 6.87. The first-order valence-corrected chi connectivity index (χ1v) is 11.9. The smallest absolute Gasteiger partial charge is 0.406 e. The van der Waals surface area contributed by atoms with Gasteiger partial charge in [-0.15, -0.1) is 13.2 Å². The molecule has 0 spiro atoms. The number of hydrogen-bond donors (Lipinski definition) is 0. The predicted octanol–water partition coefficient (Wildman–Crippen LogP) is 5.40. The highest BCUT2D eigenvalue weighted by Crippen LogP contribution is 2.27. The van der Waals surface area contributed by atoms with E-state index in [4.69, 9.17) is 11.1 Å². The van der Waals surface area contributed by atoms with Gasteiger partial charge in [0.1, 0.15) is 5.75 Å². The summed E-state index contributed by atoms with van der Waals surface area (Å²) < 4.78 is 48.0. The molecule has 38 heavy (non-hydrogen) atoms. The molecule has 5 rings (SSSR count). The number of piperidine rings is 1. The number of alkyl halides is 3. The molecule has 3 heterocycles. The van der Waals surface area contributed by atoms with Gasteiger partial charge in [0.15, 0.2) is 0 Å². The van der Waals surface area contributed by atoms with Crippen molar-refractivity contribution in [1.82, 2.24) is 14.7 Å². The highest BCUT2D eigenvalue weighted by molar-refractivity contribution is 5.60. The SMILES string of the molecule is [C-]#[N+]C1CCN(c2cccc(Cn3cc(-c4nc(-c5ccc(OC(F)(F)F)cc5)no4)ccc3=O)c2)CC1. The van der Waals surface area contributed by atoms with Crippen LogP contribution in [0.25, 0.3) is 27.7 Å². The van der Waals surface area contributed by atoms with E-state index < -0.39 is 6.36 Å². The third kappa shape index (κ3) is 5.86. The largest absolute Gasteiger partial charge is 0.573 e. The van der Waals surface area contributed by atoms with E-state index in [9.17, 15) is 18.0 Å². The Bertz CT molecular complexity index is 1510. The van der Waals surface area contributed by atoms with Crippen LogP contribution in [0.15, 0.2) is 76.2 Å². The maximum absolute atomic E-state index is 12.6. The van der Waals surface area contributed by atoms with Crippen LogP contribution in [0, 0.1) is 6.57 Å².